The molecule has 0 fully saturated rings. The SMILES string of the molecule is C=CCN(C)C(C)C(C)CNCC. The van der Waals surface area contributed by atoms with Gasteiger partial charge in [0.2, 0.25) is 0 Å². The quantitative estimate of drug-likeness (QED) is 0.606. The summed E-state index contributed by atoms with van der Waals surface area (Å²) in [6.45, 7) is 13.6. The van der Waals surface area contributed by atoms with E-state index < -0.39 is 0 Å². The fourth-order valence-electron chi connectivity index (χ4n) is 1.35. The molecule has 0 aliphatic rings. The van der Waals surface area contributed by atoms with Crippen LogP contribution in [-0.4, -0.2) is 37.6 Å². The molecule has 0 amide bonds. The highest BCUT2D eigenvalue weighted by molar-refractivity contribution is 4.78. The van der Waals surface area contributed by atoms with E-state index in [0.29, 0.717) is 12.0 Å². The second-order valence-electron chi connectivity index (χ2n) is 3.75. The number of rotatable bonds is 7. The Morgan fingerprint density at radius 2 is 2.08 bits per heavy atom. The van der Waals surface area contributed by atoms with Gasteiger partial charge in [-0.3, -0.25) is 4.90 Å². The van der Waals surface area contributed by atoms with Gasteiger partial charge in [-0.05, 0) is 33.0 Å². The maximum absolute atomic E-state index is 3.75. The zero-order chi connectivity index (χ0) is 10.3. The molecule has 0 radical (unpaired) electrons. The van der Waals surface area contributed by atoms with Crippen molar-refractivity contribution >= 4 is 0 Å². The highest BCUT2D eigenvalue weighted by Crippen LogP contribution is 2.07. The summed E-state index contributed by atoms with van der Waals surface area (Å²) in [5.41, 5.74) is 0. The lowest BCUT2D eigenvalue weighted by Gasteiger charge is -2.29. The molecule has 1 N–H and O–H groups in total. The zero-order valence-electron chi connectivity index (χ0n) is 9.51. The molecule has 0 aromatic heterocycles. The number of hydrogen-bond acceptors (Lipinski definition) is 2. The molecule has 0 spiro atoms. The Morgan fingerprint density at radius 1 is 1.46 bits per heavy atom. The van der Waals surface area contributed by atoms with Gasteiger partial charge in [0.15, 0.2) is 0 Å². The van der Waals surface area contributed by atoms with Gasteiger partial charge in [0.25, 0.3) is 0 Å². The number of hydrogen-bond donors (Lipinski definition) is 1. The molecule has 0 aromatic carbocycles. The van der Waals surface area contributed by atoms with Crippen LogP contribution in [0.5, 0.6) is 0 Å². The van der Waals surface area contributed by atoms with Gasteiger partial charge < -0.3 is 5.32 Å². The van der Waals surface area contributed by atoms with Crippen molar-refractivity contribution < 1.29 is 0 Å². The minimum atomic E-state index is 0.608. The van der Waals surface area contributed by atoms with Gasteiger partial charge in [0.1, 0.15) is 0 Å². The standard InChI is InChI=1S/C11H24N2/c1-6-8-13(5)11(4)10(3)9-12-7-2/h6,10-12H,1,7-9H2,2-5H3. The second-order valence-corrected chi connectivity index (χ2v) is 3.75. The Balaban J connectivity index is 3.78. The van der Waals surface area contributed by atoms with Gasteiger partial charge in [0, 0.05) is 12.6 Å². The molecule has 0 saturated heterocycles. The van der Waals surface area contributed by atoms with Crippen LogP contribution < -0.4 is 5.32 Å². The van der Waals surface area contributed by atoms with Gasteiger partial charge in [-0.2, -0.15) is 0 Å². The van der Waals surface area contributed by atoms with Crippen molar-refractivity contribution in [3.63, 3.8) is 0 Å². The summed E-state index contributed by atoms with van der Waals surface area (Å²) < 4.78 is 0. The van der Waals surface area contributed by atoms with Gasteiger partial charge >= 0.3 is 0 Å². The van der Waals surface area contributed by atoms with Crippen molar-refractivity contribution in [2.24, 2.45) is 5.92 Å². The monoisotopic (exact) mass is 184 g/mol. The van der Waals surface area contributed by atoms with Gasteiger partial charge in [0.05, 0.1) is 0 Å². The topological polar surface area (TPSA) is 15.3 Å². The van der Waals surface area contributed by atoms with E-state index in [0.717, 1.165) is 19.6 Å². The zero-order valence-corrected chi connectivity index (χ0v) is 9.51. The Kier molecular flexibility index (Phi) is 6.92. The molecule has 0 aliphatic heterocycles. The highest BCUT2D eigenvalue weighted by Gasteiger charge is 2.14. The summed E-state index contributed by atoms with van der Waals surface area (Å²) in [6, 6.07) is 0.608. The first-order chi connectivity index (χ1) is 6.13. The van der Waals surface area contributed by atoms with Crippen molar-refractivity contribution in [2.75, 3.05) is 26.7 Å². The predicted molar refractivity (Wildman–Crippen MR) is 60.0 cm³/mol. The smallest absolute Gasteiger partial charge is 0.0160 e. The van der Waals surface area contributed by atoms with E-state index in [4.69, 9.17) is 0 Å². The lowest BCUT2D eigenvalue weighted by Crippen LogP contribution is -2.38. The van der Waals surface area contributed by atoms with Crippen LogP contribution in [0.15, 0.2) is 12.7 Å². The first-order valence-electron chi connectivity index (χ1n) is 5.15. The van der Waals surface area contributed by atoms with Crippen LogP contribution in [0.4, 0.5) is 0 Å². The van der Waals surface area contributed by atoms with Crippen LogP contribution in [-0.2, 0) is 0 Å². The first-order valence-corrected chi connectivity index (χ1v) is 5.15. The summed E-state index contributed by atoms with van der Waals surface area (Å²) in [5.74, 6) is 0.685. The maximum Gasteiger partial charge on any atom is 0.0160 e. The van der Waals surface area contributed by atoms with E-state index in [9.17, 15) is 0 Å². The van der Waals surface area contributed by atoms with Crippen LogP contribution in [0, 0.1) is 5.92 Å². The van der Waals surface area contributed by atoms with Crippen molar-refractivity contribution in [1.82, 2.24) is 10.2 Å². The third kappa shape index (κ3) is 5.06. The van der Waals surface area contributed by atoms with Crippen molar-refractivity contribution in [3.05, 3.63) is 12.7 Å². The van der Waals surface area contributed by atoms with Crippen molar-refractivity contribution in [3.8, 4) is 0 Å². The van der Waals surface area contributed by atoms with Crippen molar-refractivity contribution in [2.45, 2.75) is 26.8 Å². The molecule has 78 valence electrons. The fourth-order valence-corrected chi connectivity index (χ4v) is 1.35. The average Bonchev–Trinajstić information content (AvgIpc) is 2.13. The Hall–Kier alpha value is -0.340. The van der Waals surface area contributed by atoms with Crippen LogP contribution in [0.25, 0.3) is 0 Å². The average molecular weight is 184 g/mol. The molecule has 0 bridgehead atoms. The highest BCUT2D eigenvalue weighted by atomic mass is 15.1. The molecule has 0 aromatic rings. The predicted octanol–water partition coefficient (Wildman–Crippen LogP) is 1.74. The molecule has 2 atom stereocenters. The molecular weight excluding hydrogens is 160 g/mol. The lowest BCUT2D eigenvalue weighted by molar-refractivity contribution is 0.214. The molecular formula is C11H24N2. The number of likely N-dealkylation sites (N-methyl/N-ethyl adjacent to an activating group) is 1. The minimum Gasteiger partial charge on any atom is -0.317 e. The maximum atomic E-state index is 3.75. The van der Waals surface area contributed by atoms with E-state index in [2.05, 4.69) is 44.6 Å². The van der Waals surface area contributed by atoms with E-state index in [1.165, 1.54) is 0 Å². The summed E-state index contributed by atoms with van der Waals surface area (Å²) in [6.07, 6.45) is 1.95. The first kappa shape index (κ1) is 12.7. The van der Waals surface area contributed by atoms with Crippen LogP contribution >= 0.6 is 0 Å². The Morgan fingerprint density at radius 3 is 2.54 bits per heavy atom. The molecule has 0 heterocycles. The molecule has 2 heteroatoms. The van der Waals surface area contributed by atoms with E-state index >= 15 is 0 Å². The molecule has 0 saturated carbocycles. The third-order valence-electron chi connectivity index (χ3n) is 2.65. The van der Waals surface area contributed by atoms with Crippen LogP contribution in [0.2, 0.25) is 0 Å². The molecule has 13 heavy (non-hydrogen) atoms. The van der Waals surface area contributed by atoms with Gasteiger partial charge in [-0.15, -0.1) is 6.58 Å². The molecule has 0 aliphatic carbocycles. The normalized spacial score (nSPS) is 15.8. The van der Waals surface area contributed by atoms with E-state index in [-0.39, 0.29) is 0 Å². The number of nitrogens with one attached hydrogen (secondary N) is 1. The van der Waals surface area contributed by atoms with E-state index in [1.807, 2.05) is 6.08 Å². The summed E-state index contributed by atoms with van der Waals surface area (Å²) in [7, 11) is 2.15. The Bertz CT molecular complexity index is 134. The number of nitrogens with zero attached hydrogens (tertiary/aromatic N) is 1. The summed E-state index contributed by atoms with van der Waals surface area (Å²) in [4.78, 5) is 2.33. The summed E-state index contributed by atoms with van der Waals surface area (Å²) >= 11 is 0. The van der Waals surface area contributed by atoms with Crippen LogP contribution in [0.3, 0.4) is 0 Å². The fraction of sp³-hybridized carbons (Fsp3) is 0.818. The lowest BCUT2D eigenvalue weighted by atomic mass is 10.0. The summed E-state index contributed by atoms with van der Waals surface area (Å²) in [5, 5.41) is 3.37. The van der Waals surface area contributed by atoms with Gasteiger partial charge in [-0.1, -0.05) is 19.9 Å². The second kappa shape index (κ2) is 7.10. The molecule has 2 nitrogen and oxygen atoms in total. The van der Waals surface area contributed by atoms with Crippen molar-refractivity contribution in [1.29, 1.82) is 0 Å². The van der Waals surface area contributed by atoms with E-state index in [1.54, 1.807) is 0 Å². The van der Waals surface area contributed by atoms with Crippen LogP contribution in [0.1, 0.15) is 20.8 Å². The Labute approximate surface area is 83.0 Å². The molecule has 2 unspecified atom stereocenters. The largest absolute Gasteiger partial charge is 0.317 e. The third-order valence-corrected chi connectivity index (χ3v) is 2.65. The molecule has 0 rings (SSSR count). The van der Waals surface area contributed by atoms with Gasteiger partial charge in [-0.25, -0.2) is 0 Å². The minimum absolute atomic E-state index is 0.608.